The van der Waals surface area contributed by atoms with Crippen LogP contribution in [0.3, 0.4) is 0 Å². The minimum Gasteiger partial charge on any atom is -0.494 e. The number of halogens is 1. The molecule has 2 heterocycles. The molecule has 33 heavy (non-hydrogen) atoms. The molecular weight excluding hydrogens is 451 g/mol. The first-order chi connectivity index (χ1) is 15.9. The smallest absolute Gasteiger partial charge is 0.243 e. The van der Waals surface area contributed by atoms with Gasteiger partial charge in [-0.1, -0.05) is 24.3 Å². The van der Waals surface area contributed by atoms with Crippen molar-refractivity contribution in [3.8, 4) is 17.2 Å². The molecule has 0 aliphatic carbocycles. The molecule has 4 rings (SSSR count). The van der Waals surface area contributed by atoms with Gasteiger partial charge in [-0.3, -0.25) is 9.29 Å². The summed E-state index contributed by atoms with van der Waals surface area (Å²) < 4.78 is 61.6. The fourth-order valence-electron chi connectivity index (χ4n) is 3.81. The van der Waals surface area contributed by atoms with Crippen LogP contribution in [-0.4, -0.2) is 44.0 Å². The van der Waals surface area contributed by atoms with Crippen molar-refractivity contribution in [2.45, 2.75) is 31.1 Å². The third kappa shape index (κ3) is 4.38. The lowest BCUT2D eigenvalue weighted by atomic mass is 10.1. The Kier molecular flexibility index (Phi) is 6.52. The van der Waals surface area contributed by atoms with E-state index in [0.717, 1.165) is 6.42 Å². The minimum absolute atomic E-state index is 0.0466. The third-order valence-corrected chi connectivity index (χ3v) is 7.23. The molecule has 1 aliphatic rings. The second-order valence-corrected chi connectivity index (χ2v) is 9.54. The van der Waals surface area contributed by atoms with Gasteiger partial charge in [-0.25, -0.2) is 12.8 Å². The Balaban J connectivity index is 1.83. The topological polar surface area (TPSA) is 105 Å². The van der Waals surface area contributed by atoms with Gasteiger partial charge >= 0.3 is 0 Å². The van der Waals surface area contributed by atoms with Gasteiger partial charge in [-0.2, -0.15) is 0 Å². The largest absolute Gasteiger partial charge is 0.494 e. The maximum atomic E-state index is 14.3. The molecule has 1 aromatic heterocycles. The molecule has 0 radical (unpaired) electrons. The van der Waals surface area contributed by atoms with E-state index in [1.54, 1.807) is 24.3 Å². The van der Waals surface area contributed by atoms with Crippen molar-refractivity contribution in [1.82, 2.24) is 14.8 Å². The van der Waals surface area contributed by atoms with Crippen LogP contribution in [-0.2, 0) is 14.8 Å². The highest BCUT2D eigenvalue weighted by atomic mass is 32.2. The minimum atomic E-state index is -4.10. The maximum absolute atomic E-state index is 14.3. The molecule has 0 unspecified atom stereocenters. The van der Waals surface area contributed by atoms with Crippen LogP contribution in [0.15, 0.2) is 42.5 Å². The van der Waals surface area contributed by atoms with E-state index in [0.29, 0.717) is 36.0 Å². The van der Waals surface area contributed by atoms with Crippen LogP contribution in [0.4, 0.5) is 10.3 Å². The van der Waals surface area contributed by atoms with Crippen LogP contribution in [0.1, 0.15) is 42.5 Å². The van der Waals surface area contributed by atoms with Crippen LogP contribution in [0, 0.1) is 5.82 Å². The van der Waals surface area contributed by atoms with Gasteiger partial charge in [0.25, 0.3) is 0 Å². The molecule has 9 nitrogen and oxygen atoms in total. The lowest BCUT2D eigenvalue weighted by molar-refractivity contribution is 0.103. The quantitative estimate of drug-likeness (QED) is 0.528. The number of benzene rings is 2. The molecule has 1 N–H and O–H groups in total. The highest BCUT2D eigenvalue weighted by Crippen LogP contribution is 2.39. The number of hydrogen-bond donors (Lipinski definition) is 1. The average molecular weight is 477 g/mol. The summed E-state index contributed by atoms with van der Waals surface area (Å²) in [5.74, 6) is 0.577. The molecule has 1 aliphatic heterocycles. The van der Waals surface area contributed by atoms with Gasteiger partial charge in [0.2, 0.25) is 16.0 Å². The maximum Gasteiger partial charge on any atom is 0.243 e. The number of para-hydroxylation sites is 1. The second-order valence-electron chi connectivity index (χ2n) is 7.54. The summed E-state index contributed by atoms with van der Waals surface area (Å²) in [6.07, 6.45) is 1.16. The van der Waals surface area contributed by atoms with E-state index in [2.05, 4.69) is 14.9 Å². The van der Waals surface area contributed by atoms with E-state index in [-0.39, 0.29) is 17.6 Å². The van der Waals surface area contributed by atoms with Crippen molar-refractivity contribution < 1.29 is 27.0 Å². The monoisotopic (exact) mass is 476 g/mol. The number of nitrogens with one attached hydrogen (secondary N) is 1. The van der Waals surface area contributed by atoms with E-state index in [9.17, 15) is 12.8 Å². The second kappa shape index (κ2) is 9.36. The summed E-state index contributed by atoms with van der Waals surface area (Å²) in [5, 5.41) is 7.16. The lowest BCUT2D eigenvalue weighted by Crippen LogP contribution is -2.23. The van der Waals surface area contributed by atoms with E-state index in [1.807, 2.05) is 0 Å². The van der Waals surface area contributed by atoms with Crippen molar-refractivity contribution in [3.63, 3.8) is 0 Å². The predicted molar refractivity (Wildman–Crippen MR) is 120 cm³/mol. The summed E-state index contributed by atoms with van der Waals surface area (Å²) in [6, 6.07) is 10.9. The number of aromatic nitrogens is 3. The predicted octanol–water partition coefficient (Wildman–Crippen LogP) is 3.78. The Hall–Kier alpha value is -3.18. The van der Waals surface area contributed by atoms with E-state index < -0.39 is 21.1 Å². The third-order valence-electron chi connectivity index (χ3n) is 5.57. The molecular formula is C22H25FN4O5S. The van der Waals surface area contributed by atoms with Gasteiger partial charge in [0, 0.05) is 12.2 Å². The van der Waals surface area contributed by atoms with Gasteiger partial charge in [-0.05, 0) is 38.0 Å². The Bertz CT molecular complexity index is 1220. The molecule has 0 spiro atoms. The fourth-order valence-corrected chi connectivity index (χ4v) is 4.90. The first-order valence-corrected chi connectivity index (χ1v) is 12.0. The van der Waals surface area contributed by atoms with Crippen molar-refractivity contribution in [2.75, 3.05) is 25.5 Å². The Labute approximate surface area is 191 Å². The van der Waals surface area contributed by atoms with E-state index >= 15 is 0 Å². The first-order valence-electron chi connectivity index (χ1n) is 10.4. The summed E-state index contributed by atoms with van der Waals surface area (Å²) in [6.45, 7) is 1.97. The molecule has 11 heteroatoms. The molecule has 2 atom stereocenters. The first kappa shape index (κ1) is 23.0. The van der Waals surface area contributed by atoms with E-state index in [4.69, 9.17) is 14.2 Å². The zero-order valence-electron chi connectivity index (χ0n) is 18.5. The highest BCUT2D eigenvalue weighted by molar-refractivity contribution is 7.92. The summed E-state index contributed by atoms with van der Waals surface area (Å²) >= 11 is 0. The molecule has 3 aromatic rings. The molecule has 1 saturated heterocycles. The summed E-state index contributed by atoms with van der Waals surface area (Å²) in [7, 11) is -1.11. The van der Waals surface area contributed by atoms with Crippen LogP contribution >= 0.6 is 0 Å². The zero-order valence-corrected chi connectivity index (χ0v) is 19.3. The summed E-state index contributed by atoms with van der Waals surface area (Å²) in [5.41, 5.74) is 0.472. The Morgan fingerprint density at radius 1 is 1.12 bits per heavy atom. The highest BCUT2D eigenvalue weighted by Gasteiger charge is 2.32. The number of nitrogens with zero attached hydrogens (tertiary/aromatic N) is 3. The number of methoxy groups -OCH3 is 2. The molecule has 2 aromatic carbocycles. The average Bonchev–Trinajstić information content (AvgIpc) is 3.48. The zero-order chi connectivity index (χ0) is 23.6. The van der Waals surface area contributed by atoms with Gasteiger partial charge in [-0.15, -0.1) is 10.2 Å². The van der Waals surface area contributed by atoms with E-state index in [1.165, 1.54) is 43.9 Å². The van der Waals surface area contributed by atoms with Gasteiger partial charge in [0.1, 0.15) is 34.4 Å². The van der Waals surface area contributed by atoms with Crippen LogP contribution in [0.2, 0.25) is 0 Å². The molecule has 176 valence electrons. The molecule has 0 saturated carbocycles. The SMILES string of the molecule is COc1cccc(OC)c1-n1c(NS(=O)(=O)[C@H](C)c2ccccc2F)nnc1[C@H]1CCCO1. The van der Waals surface area contributed by atoms with Crippen LogP contribution in [0.5, 0.6) is 11.5 Å². The number of rotatable bonds is 8. The summed E-state index contributed by atoms with van der Waals surface area (Å²) in [4.78, 5) is 0. The number of anilines is 1. The fraction of sp³-hybridized carbons (Fsp3) is 0.364. The van der Waals surface area contributed by atoms with Crippen molar-refractivity contribution in [1.29, 1.82) is 0 Å². The van der Waals surface area contributed by atoms with Crippen LogP contribution < -0.4 is 14.2 Å². The lowest BCUT2D eigenvalue weighted by Gasteiger charge is -2.20. The van der Waals surface area contributed by atoms with Gasteiger partial charge in [0.15, 0.2) is 5.82 Å². The molecule has 1 fully saturated rings. The van der Waals surface area contributed by atoms with Crippen molar-refractivity contribution in [2.24, 2.45) is 0 Å². The van der Waals surface area contributed by atoms with Crippen molar-refractivity contribution in [3.05, 3.63) is 59.7 Å². The molecule has 0 bridgehead atoms. The number of ether oxygens (including phenoxy) is 3. The molecule has 0 amide bonds. The Morgan fingerprint density at radius 2 is 1.82 bits per heavy atom. The van der Waals surface area contributed by atoms with Gasteiger partial charge in [0.05, 0.1) is 14.2 Å². The Morgan fingerprint density at radius 3 is 2.42 bits per heavy atom. The standard InChI is InChI=1S/C22H25FN4O5S/c1-14(15-8-4-5-9-16(15)23)33(28,29)26-22-25-24-21(19-12-7-13-32-19)27(22)20-17(30-2)10-6-11-18(20)31-3/h4-6,8-11,14,19H,7,12-13H2,1-3H3,(H,25,26)/t14-,19-/m1/s1. The van der Waals surface area contributed by atoms with Crippen LogP contribution in [0.25, 0.3) is 5.69 Å². The normalized spacial score (nSPS) is 17.0. The van der Waals surface area contributed by atoms with Gasteiger partial charge < -0.3 is 14.2 Å². The number of sulfonamides is 1. The van der Waals surface area contributed by atoms with Crippen molar-refractivity contribution >= 4 is 16.0 Å². The number of hydrogen-bond acceptors (Lipinski definition) is 7.